The molecule has 24 heavy (non-hydrogen) atoms. The molecule has 10 heteroatoms. The molecule has 0 spiro atoms. The molecular formula is C14H21NO7S2. The highest BCUT2D eigenvalue weighted by molar-refractivity contribution is 7.93. The van der Waals surface area contributed by atoms with Crippen LogP contribution in [0.2, 0.25) is 0 Å². The van der Waals surface area contributed by atoms with E-state index < -0.39 is 36.1 Å². The first-order chi connectivity index (χ1) is 10.9. The van der Waals surface area contributed by atoms with E-state index in [4.69, 9.17) is 9.57 Å². The number of rotatable bonds is 7. The zero-order valence-corrected chi connectivity index (χ0v) is 15.5. The van der Waals surface area contributed by atoms with E-state index in [1.807, 2.05) is 4.89 Å². The molecule has 1 aromatic rings. The van der Waals surface area contributed by atoms with Gasteiger partial charge in [0.25, 0.3) is 10.0 Å². The second-order valence-corrected chi connectivity index (χ2v) is 9.64. The van der Waals surface area contributed by atoms with Crippen LogP contribution in [0, 0.1) is 5.41 Å². The normalized spacial score (nSPS) is 12.8. The lowest BCUT2D eigenvalue weighted by molar-refractivity contribution is -0.154. The van der Waals surface area contributed by atoms with E-state index in [9.17, 15) is 21.6 Å². The number of nitrogens with one attached hydrogen (secondary N) is 1. The van der Waals surface area contributed by atoms with Gasteiger partial charge in [-0.25, -0.2) is 16.8 Å². The first kappa shape index (κ1) is 20.6. The van der Waals surface area contributed by atoms with Crippen molar-refractivity contribution in [3.63, 3.8) is 0 Å². The van der Waals surface area contributed by atoms with Crippen molar-refractivity contribution in [1.82, 2.24) is 4.89 Å². The summed E-state index contributed by atoms with van der Waals surface area (Å²) in [5, 5.41) is 0. The van der Waals surface area contributed by atoms with Gasteiger partial charge in [0.1, 0.15) is 18.1 Å². The van der Waals surface area contributed by atoms with E-state index >= 15 is 0 Å². The van der Waals surface area contributed by atoms with E-state index in [1.54, 1.807) is 20.8 Å². The maximum Gasteiger partial charge on any atom is 0.311 e. The molecule has 0 amide bonds. The molecule has 0 heterocycles. The largest absolute Gasteiger partial charge is 0.463 e. The Kier molecular flexibility index (Phi) is 6.51. The standard InChI is InChI=1S/C14H21NO7S2/c1-14(2,3)13(16)21-9-10-22-15-24(19,20)12-8-6-5-7-11(12)23(4,17)18/h5-8,15H,9-10H2,1-4H3. The Morgan fingerprint density at radius 3 is 2.08 bits per heavy atom. The van der Waals surface area contributed by atoms with Gasteiger partial charge in [-0.05, 0) is 32.9 Å². The van der Waals surface area contributed by atoms with Crippen LogP contribution in [0.5, 0.6) is 0 Å². The Bertz CT molecular complexity index is 793. The summed E-state index contributed by atoms with van der Waals surface area (Å²) in [5.41, 5.74) is -0.673. The smallest absolute Gasteiger partial charge is 0.311 e. The van der Waals surface area contributed by atoms with Crippen molar-refractivity contribution in [2.24, 2.45) is 5.41 Å². The van der Waals surface area contributed by atoms with Gasteiger partial charge < -0.3 is 4.74 Å². The highest BCUT2D eigenvalue weighted by Crippen LogP contribution is 2.20. The molecule has 0 aliphatic carbocycles. The average molecular weight is 379 g/mol. The maximum absolute atomic E-state index is 12.1. The average Bonchev–Trinajstić information content (AvgIpc) is 2.44. The van der Waals surface area contributed by atoms with Gasteiger partial charge in [0.05, 0.1) is 10.3 Å². The quantitative estimate of drug-likeness (QED) is 0.425. The zero-order valence-electron chi connectivity index (χ0n) is 13.9. The SMILES string of the molecule is CC(C)(C)C(=O)OCCONS(=O)(=O)c1ccccc1S(C)(=O)=O. The summed E-state index contributed by atoms with van der Waals surface area (Å²) in [6.07, 6.45) is 0.911. The number of carbonyl (C=O) groups excluding carboxylic acids is 1. The molecule has 8 nitrogen and oxygen atoms in total. The fraction of sp³-hybridized carbons (Fsp3) is 0.500. The minimum atomic E-state index is -4.20. The van der Waals surface area contributed by atoms with Gasteiger partial charge in [0.15, 0.2) is 9.84 Å². The summed E-state index contributed by atoms with van der Waals surface area (Å²) in [5.74, 6) is -0.448. The van der Waals surface area contributed by atoms with E-state index in [0.717, 1.165) is 12.3 Å². The van der Waals surface area contributed by atoms with Crippen LogP contribution >= 0.6 is 0 Å². The van der Waals surface area contributed by atoms with Gasteiger partial charge in [-0.3, -0.25) is 9.63 Å². The van der Waals surface area contributed by atoms with Gasteiger partial charge in [-0.15, -0.1) is 0 Å². The Balaban J connectivity index is 2.68. The number of sulfonamides is 1. The van der Waals surface area contributed by atoms with Gasteiger partial charge in [-0.2, -0.15) is 0 Å². The first-order valence-corrected chi connectivity index (χ1v) is 10.3. The third kappa shape index (κ3) is 5.86. The third-order valence-corrected chi connectivity index (χ3v) is 5.29. The van der Waals surface area contributed by atoms with Crippen molar-refractivity contribution in [3.8, 4) is 0 Å². The van der Waals surface area contributed by atoms with Crippen LogP contribution in [-0.2, 0) is 34.2 Å². The van der Waals surface area contributed by atoms with Crippen LogP contribution in [0.4, 0.5) is 0 Å². The summed E-state index contributed by atoms with van der Waals surface area (Å²) in [6, 6.07) is 5.16. The lowest BCUT2D eigenvalue weighted by Gasteiger charge is -2.16. The minimum Gasteiger partial charge on any atom is -0.463 e. The summed E-state index contributed by atoms with van der Waals surface area (Å²) in [4.78, 5) is 17.4. The first-order valence-electron chi connectivity index (χ1n) is 6.95. The molecule has 0 bridgehead atoms. The van der Waals surface area contributed by atoms with E-state index in [0.29, 0.717) is 0 Å². The van der Waals surface area contributed by atoms with Crippen molar-refractivity contribution >= 4 is 25.8 Å². The van der Waals surface area contributed by atoms with Crippen molar-refractivity contribution in [1.29, 1.82) is 0 Å². The van der Waals surface area contributed by atoms with Crippen LogP contribution in [-0.4, -0.2) is 42.3 Å². The fourth-order valence-electron chi connectivity index (χ4n) is 1.54. The second kappa shape index (κ2) is 7.60. The molecule has 0 fully saturated rings. The fourth-order valence-corrected chi connectivity index (χ4v) is 4.00. The predicted molar refractivity (Wildman–Crippen MR) is 86.2 cm³/mol. The molecule has 0 aromatic heterocycles. The molecule has 0 aliphatic rings. The van der Waals surface area contributed by atoms with Crippen LogP contribution in [0.15, 0.2) is 34.1 Å². The van der Waals surface area contributed by atoms with Gasteiger partial charge >= 0.3 is 5.97 Å². The second-order valence-electron chi connectivity index (χ2n) is 6.04. The van der Waals surface area contributed by atoms with Crippen molar-refractivity contribution in [2.45, 2.75) is 30.6 Å². The van der Waals surface area contributed by atoms with E-state index in [2.05, 4.69) is 0 Å². The number of hydrogen-bond acceptors (Lipinski definition) is 7. The molecule has 0 radical (unpaired) electrons. The topological polar surface area (TPSA) is 116 Å². The molecule has 0 aliphatic heterocycles. The van der Waals surface area contributed by atoms with Crippen LogP contribution in [0.1, 0.15) is 20.8 Å². The molecule has 0 saturated carbocycles. The molecule has 0 saturated heterocycles. The number of benzene rings is 1. The summed E-state index contributed by atoms with van der Waals surface area (Å²) in [7, 11) is -7.92. The number of ether oxygens (including phenoxy) is 1. The minimum absolute atomic E-state index is 0.146. The molecule has 1 rings (SSSR count). The van der Waals surface area contributed by atoms with Crippen LogP contribution in [0.3, 0.4) is 0 Å². The Morgan fingerprint density at radius 2 is 1.58 bits per heavy atom. The molecule has 0 atom stereocenters. The Morgan fingerprint density at radius 1 is 1.04 bits per heavy atom. The summed E-state index contributed by atoms with van der Waals surface area (Å²) >= 11 is 0. The van der Waals surface area contributed by atoms with Gasteiger partial charge in [0, 0.05) is 6.26 Å². The molecular weight excluding hydrogens is 358 g/mol. The monoisotopic (exact) mass is 379 g/mol. The van der Waals surface area contributed by atoms with E-state index in [-0.39, 0.29) is 18.1 Å². The highest BCUT2D eigenvalue weighted by atomic mass is 32.2. The number of hydrogen-bond donors (Lipinski definition) is 1. The van der Waals surface area contributed by atoms with Crippen molar-refractivity contribution in [3.05, 3.63) is 24.3 Å². The van der Waals surface area contributed by atoms with Crippen LogP contribution < -0.4 is 4.89 Å². The third-order valence-electron chi connectivity index (χ3n) is 2.74. The van der Waals surface area contributed by atoms with Crippen LogP contribution in [0.25, 0.3) is 0 Å². The lowest BCUT2D eigenvalue weighted by atomic mass is 9.97. The Labute approximate surface area is 142 Å². The molecule has 0 unspecified atom stereocenters. The van der Waals surface area contributed by atoms with E-state index in [1.165, 1.54) is 18.2 Å². The summed E-state index contributed by atoms with van der Waals surface area (Å²) < 4.78 is 52.5. The lowest BCUT2D eigenvalue weighted by Crippen LogP contribution is -2.29. The summed E-state index contributed by atoms with van der Waals surface area (Å²) in [6.45, 7) is 4.68. The van der Waals surface area contributed by atoms with Crippen molar-refractivity contribution < 1.29 is 31.2 Å². The number of sulfone groups is 1. The molecule has 1 N–H and O–H groups in total. The number of carbonyl (C=O) groups is 1. The van der Waals surface area contributed by atoms with Gasteiger partial charge in [-0.1, -0.05) is 17.0 Å². The molecule has 1 aromatic carbocycles. The maximum atomic E-state index is 12.1. The Hall–Kier alpha value is -1.49. The molecule has 136 valence electrons. The van der Waals surface area contributed by atoms with Crippen molar-refractivity contribution in [2.75, 3.05) is 19.5 Å². The zero-order chi connectivity index (χ0) is 18.6. The number of esters is 1. The highest BCUT2D eigenvalue weighted by Gasteiger charge is 2.24. The predicted octanol–water partition coefficient (Wildman–Crippen LogP) is 0.889. The van der Waals surface area contributed by atoms with Gasteiger partial charge in [0.2, 0.25) is 0 Å².